The third-order valence-electron chi connectivity index (χ3n) is 12.9. The topological polar surface area (TPSA) is 155 Å². The van der Waals surface area contributed by atoms with Gasteiger partial charge in [-0.25, -0.2) is 4.57 Å². The molecule has 11 nitrogen and oxygen atoms in total. The Morgan fingerprint density at radius 2 is 0.643 bits per heavy atom. The lowest BCUT2D eigenvalue weighted by molar-refractivity contribution is -0.161. The van der Waals surface area contributed by atoms with Crippen LogP contribution < -0.4 is 0 Å². The summed E-state index contributed by atoms with van der Waals surface area (Å²) in [6.07, 6.45) is 84.9. The second-order valence-corrected chi connectivity index (χ2v) is 22.3. The Morgan fingerprint density at radius 3 is 1.04 bits per heavy atom. The fourth-order valence-electron chi connectivity index (χ4n) is 8.09. The maximum absolute atomic E-state index is 13.0. The molecule has 0 bridgehead atoms. The summed E-state index contributed by atoms with van der Waals surface area (Å²) < 4.78 is 39.6. The van der Waals surface area contributed by atoms with Gasteiger partial charge < -0.3 is 24.2 Å². The van der Waals surface area contributed by atoms with E-state index in [0.29, 0.717) is 25.7 Å². The molecule has 0 saturated heterocycles. The smallest absolute Gasteiger partial charge is 0.462 e. The van der Waals surface area contributed by atoms with E-state index in [1.165, 1.54) is 57.8 Å². The Kier molecular flexibility index (Phi) is 60.4. The first-order valence-corrected chi connectivity index (χ1v) is 33.9. The molecule has 0 rings (SSSR count). The van der Waals surface area contributed by atoms with E-state index in [2.05, 4.69) is 167 Å². The number of hydrogen-bond acceptors (Lipinski definition) is 10. The number of carbonyl (C=O) groups excluding carboxylic acids is 3. The molecule has 3 unspecified atom stereocenters. The molecule has 2 N–H and O–H groups in total. The van der Waals surface area contributed by atoms with Crippen LogP contribution in [0.25, 0.3) is 0 Å². The summed E-state index contributed by atoms with van der Waals surface area (Å²) in [5.74, 6) is -1.62. The van der Waals surface area contributed by atoms with Crippen LogP contribution in [0.5, 0.6) is 0 Å². The molecule has 474 valence electrons. The average Bonchev–Trinajstić information content (AvgIpc) is 3.53. The molecular formula is C72H115O11P. The molecule has 0 aromatic heterocycles. The number of allylic oxidation sites excluding steroid dienone is 26. The lowest BCUT2D eigenvalue weighted by atomic mass is 10.1. The van der Waals surface area contributed by atoms with Crippen molar-refractivity contribution in [3.05, 3.63) is 158 Å². The van der Waals surface area contributed by atoms with Gasteiger partial charge in [-0.3, -0.25) is 23.4 Å². The Morgan fingerprint density at radius 1 is 0.345 bits per heavy atom. The number of aliphatic hydroxyl groups is 1. The van der Waals surface area contributed by atoms with Crippen molar-refractivity contribution in [2.24, 2.45) is 0 Å². The van der Waals surface area contributed by atoms with Crippen LogP contribution in [-0.4, -0.2) is 66.5 Å². The van der Waals surface area contributed by atoms with E-state index < -0.39 is 57.8 Å². The van der Waals surface area contributed by atoms with Crippen molar-refractivity contribution >= 4 is 25.7 Å². The van der Waals surface area contributed by atoms with Gasteiger partial charge in [0.25, 0.3) is 0 Å². The van der Waals surface area contributed by atoms with Crippen molar-refractivity contribution in [3.63, 3.8) is 0 Å². The number of phosphoric acid groups is 1. The second-order valence-electron chi connectivity index (χ2n) is 20.8. The van der Waals surface area contributed by atoms with Gasteiger partial charge in [0.05, 0.1) is 19.8 Å². The first kappa shape index (κ1) is 79.1. The zero-order valence-electron chi connectivity index (χ0n) is 52.6. The number of esters is 3. The summed E-state index contributed by atoms with van der Waals surface area (Å²) >= 11 is 0. The van der Waals surface area contributed by atoms with Crippen LogP contribution in [0.1, 0.15) is 239 Å². The first-order chi connectivity index (χ1) is 41.2. The van der Waals surface area contributed by atoms with Crippen LogP contribution in [0, 0.1) is 0 Å². The minimum atomic E-state index is -4.80. The Balaban J connectivity index is 4.86. The molecule has 0 fully saturated rings. The molecule has 84 heavy (non-hydrogen) atoms. The number of hydrogen-bond donors (Lipinski definition) is 2. The number of rotatable bonds is 58. The summed E-state index contributed by atoms with van der Waals surface area (Å²) in [4.78, 5) is 48.8. The van der Waals surface area contributed by atoms with Gasteiger partial charge in [0.2, 0.25) is 0 Å². The average molecular weight is 1190 g/mol. The SMILES string of the molecule is CC/C=C\C/C=C\C/C=C\C/C=C\C/C=C\C/C=C\CCC(=O)OC(COC(=O)CCCCCCCCCCC/C=C\C/C=C\CCCCC)COP(=O)(O)OCC(CO)OC(=O)CCCCC/C=C\C/C=C\C/C=C\C/C=C\C/C=C\CC. The standard InChI is InChI=1S/C72H115O11P/c1-4-7-10-13-16-19-22-25-28-31-34-37-40-43-46-49-52-55-58-61-70(74)79-65-69(83-72(76)63-60-57-54-51-48-45-42-39-36-33-30-27-24-21-18-15-12-9-6-3)67-81-84(77,78)80-66-68(64-73)82-71(75)62-59-56-53-50-47-44-41-38-35-32-29-26-23-20-17-14-11-8-5-2/h8-9,11-12,16-21,25-30,35-36,38-39,44-45,47-48,54,57,68-69,73H,4-7,10,13-15,22-24,31-34,37,40-43,46,49-53,55-56,58-67H2,1-3H3,(H,77,78)/b11-8-,12-9-,19-16-,20-17-,21-18-,28-25-,29-26-,30-27-,38-35-,39-36-,47-44-,48-45-,57-54-. The Bertz CT molecular complexity index is 2020. The summed E-state index contributed by atoms with van der Waals surface area (Å²) in [7, 11) is -4.80. The van der Waals surface area contributed by atoms with Crippen molar-refractivity contribution in [3.8, 4) is 0 Å². The molecule has 0 aliphatic rings. The predicted molar refractivity (Wildman–Crippen MR) is 352 cm³/mol. The highest BCUT2D eigenvalue weighted by Crippen LogP contribution is 2.43. The van der Waals surface area contributed by atoms with E-state index >= 15 is 0 Å². The van der Waals surface area contributed by atoms with E-state index in [0.717, 1.165) is 116 Å². The van der Waals surface area contributed by atoms with E-state index in [1.54, 1.807) is 0 Å². The van der Waals surface area contributed by atoms with Gasteiger partial charge in [-0.1, -0.05) is 243 Å². The highest BCUT2D eigenvalue weighted by atomic mass is 31.2. The van der Waals surface area contributed by atoms with Crippen LogP contribution in [-0.2, 0) is 42.2 Å². The molecule has 0 aliphatic heterocycles. The van der Waals surface area contributed by atoms with Gasteiger partial charge in [0.1, 0.15) is 12.7 Å². The van der Waals surface area contributed by atoms with Gasteiger partial charge in [-0.15, -0.1) is 0 Å². The van der Waals surface area contributed by atoms with Gasteiger partial charge in [-0.05, 0) is 135 Å². The van der Waals surface area contributed by atoms with Crippen LogP contribution in [0.2, 0.25) is 0 Å². The van der Waals surface area contributed by atoms with Crippen molar-refractivity contribution in [2.45, 2.75) is 251 Å². The fourth-order valence-corrected chi connectivity index (χ4v) is 8.87. The van der Waals surface area contributed by atoms with E-state index in [-0.39, 0.29) is 25.9 Å². The number of unbranched alkanes of at least 4 members (excludes halogenated alkanes) is 15. The van der Waals surface area contributed by atoms with Gasteiger partial charge in [0, 0.05) is 19.3 Å². The first-order valence-electron chi connectivity index (χ1n) is 32.4. The largest absolute Gasteiger partial charge is 0.472 e. The summed E-state index contributed by atoms with van der Waals surface area (Å²) in [6.45, 7) is 4.27. The van der Waals surface area contributed by atoms with E-state index in [4.69, 9.17) is 23.3 Å². The van der Waals surface area contributed by atoms with Crippen LogP contribution in [0.15, 0.2) is 158 Å². The van der Waals surface area contributed by atoms with Gasteiger partial charge in [-0.2, -0.15) is 0 Å². The molecule has 12 heteroatoms. The zero-order chi connectivity index (χ0) is 61.2. The van der Waals surface area contributed by atoms with Crippen molar-refractivity contribution in [1.82, 2.24) is 0 Å². The molecule has 0 aromatic carbocycles. The molecule has 0 heterocycles. The third kappa shape index (κ3) is 61.7. The third-order valence-corrected chi connectivity index (χ3v) is 13.9. The molecule has 0 saturated carbocycles. The highest BCUT2D eigenvalue weighted by molar-refractivity contribution is 7.47. The quantitative estimate of drug-likeness (QED) is 0.0197. The lowest BCUT2D eigenvalue weighted by Gasteiger charge is -2.21. The van der Waals surface area contributed by atoms with Crippen LogP contribution in [0.3, 0.4) is 0 Å². The van der Waals surface area contributed by atoms with Gasteiger partial charge >= 0.3 is 25.7 Å². The number of aliphatic hydroxyl groups excluding tert-OH is 1. The molecule has 0 aliphatic carbocycles. The number of carbonyl (C=O) groups is 3. The Hall–Kier alpha value is -4.90. The number of ether oxygens (including phenoxy) is 3. The molecule has 0 spiro atoms. The second kappa shape index (κ2) is 64.1. The fraction of sp³-hybridized carbons (Fsp3) is 0.597. The van der Waals surface area contributed by atoms with E-state index in [1.807, 2.05) is 12.2 Å². The molecule has 3 atom stereocenters. The number of phosphoric ester groups is 1. The van der Waals surface area contributed by atoms with E-state index in [9.17, 15) is 28.9 Å². The molecule has 0 radical (unpaired) electrons. The van der Waals surface area contributed by atoms with Crippen molar-refractivity contribution < 1.29 is 52.2 Å². The summed E-state index contributed by atoms with van der Waals surface area (Å²) in [5.41, 5.74) is 0. The Labute approximate surface area is 511 Å². The highest BCUT2D eigenvalue weighted by Gasteiger charge is 2.28. The van der Waals surface area contributed by atoms with Crippen molar-refractivity contribution in [1.29, 1.82) is 0 Å². The molecular weight excluding hydrogens is 1070 g/mol. The lowest BCUT2D eigenvalue weighted by Crippen LogP contribution is -2.30. The summed E-state index contributed by atoms with van der Waals surface area (Å²) in [6, 6.07) is 0. The maximum atomic E-state index is 13.0. The normalized spacial score (nSPS) is 14.3. The van der Waals surface area contributed by atoms with Gasteiger partial charge in [0.15, 0.2) is 6.10 Å². The minimum absolute atomic E-state index is 0.0302. The van der Waals surface area contributed by atoms with Crippen LogP contribution >= 0.6 is 7.82 Å². The van der Waals surface area contributed by atoms with Crippen LogP contribution in [0.4, 0.5) is 0 Å². The maximum Gasteiger partial charge on any atom is 0.472 e. The zero-order valence-corrected chi connectivity index (χ0v) is 53.4. The molecule has 0 aromatic rings. The van der Waals surface area contributed by atoms with Crippen molar-refractivity contribution in [2.75, 3.05) is 26.4 Å². The predicted octanol–water partition coefficient (Wildman–Crippen LogP) is 20.0. The monoisotopic (exact) mass is 1190 g/mol. The molecule has 0 amide bonds. The minimum Gasteiger partial charge on any atom is -0.462 e. The summed E-state index contributed by atoms with van der Waals surface area (Å²) in [5, 5.41) is 9.86.